The number of nitrogens with one attached hydrogen (secondary N) is 1. The summed E-state index contributed by atoms with van der Waals surface area (Å²) in [5.41, 5.74) is 1.76. The molecule has 1 aromatic heterocycles. The number of fused-ring (bicyclic) bond motifs is 2. The minimum absolute atomic E-state index is 0.0985. The lowest BCUT2D eigenvalue weighted by atomic mass is 9.84. The Morgan fingerprint density at radius 1 is 1.11 bits per heavy atom. The van der Waals surface area contributed by atoms with E-state index in [-0.39, 0.29) is 16.8 Å². The monoisotopic (exact) mass is 368 g/mol. The van der Waals surface area contributed by atoms with Crippen LogP contribution < -0.4 is 5.32 Å². The fourth-order valence-corrected chi connectivity index (χ4v) is 4.60. The summed E-state index contributed by atoms with van der Waals surface area (Å²) in [4.78, 5) is 19.5. The van der Waals surface area contributed by atoms with Gasteiger partial charge in [0.2, 0.25) is 5.91 Å². The fraction of sp³-hybridized carbons (Fsp3) is 0.524. The molecule has 1 aliphatic carbocycles. The van der Waals surface area contributed by atoms with Crippen LogP contribution in [0.15, 0.2) is 30.5 Å². The molecule has 0 atom stereocenters. The summed E-state index contributed by atoms with van der Waals surface area (Å²) in [5.74, 6) is 1.15. The van der Waals surface area contributed by atoms with Crippen molar-refractivity contribution in [3.8, 4) is 11.3 Å². The molecule has 5 rings (SSSR count). The predicted octanol–water partition coefficient (Wildman–Crippen LogP) is 2.91. The molecule has 27 heavy (non-hydrogen) atoms. The Balaban J connectivity index is 1.41. The van der Waals surface area contributed by atoms with Crippen LogP contribution in [0.1, 0.15) is 38.4 Å². The van der Waals surface area contributed by atoms with Gasteiger partial charge in [-0.1, -0.05) is 6.92 Å². The Kier molecular flexibility index (Phi) is 3.69. The highest BCUT2D eigenvalue weighted by Gasteiger charge is 2.49. The molecular formula is C21H25FN4O. The van der Waals surface area contributed by atoms with Gasteiger partial charge in [0.15, 0.2) is 0 Å². The van der Waals surface area contributed by atoms with Gasteiger partial charge in [0.05, 0.1) is 17.4 Å². The normalized spacial score (nSPS) is 22.5. The van der Waals surface area contributed by atoms with Crippen molar-refractivity contribution in [2.75, 3.05) is 19.6 Å². The summed E-state index contributed by atoms with van der Waals surface area (Å²) in [7, 11) is 0. The van der Waals surface area contributed by atoms with E-state index in [1.807, 2.05) is 23.2 Å². The van der Waals surface area contributed by atoms with Gasteiger partial charge in [-0.3, -0.25) is 4.79 Å². The van der Waals surface area contributed by atoms with Crippen LogP contribution in [0.4, 0.5) is 4.39 Å². The first-order chi connectivity index (χ1) is 13.0. The van der Waals surface area contributed by atoms with Gasteiger partial charge in [0.1, 0.15) is 11.6 Å². The van der Waals surface area contributed by atoms with Crippen molar-refractivity contribution in [3.05, 3.63) is 42.1 Å². The Morgan fingerprint density at radius 3 is 2.48 bits per heavy atom. The Bertz CT molecular complexity index is 876. The van der Waals surface area contributed by atoms with Gasteiger partial charge in [0.25, 0.3) is 0 Å². The van der Waals surface area contributed by atoms with E-state index in [4.69, 9.17) is 4.98 Å². The van der Waals surface area contributed by atoms with Crippen molar-refractivity contribution >= 4 is 5.91 Å². The molecule has 1 spiro atoms. The van der Waals surface area contributed by atoms with Crippen LogP contribution in [-0.4, -0.2) is 40.0 Å². The Hall–Kier alpha value is -2.21. The third-order valence-electron chi connectivity index (χ3n) is 6.64. The van der Waals surface area contributed by atoms with Gasteiger partial charge >= 0.3 is 0 Å². The Morgan fingerprint density at radius 2 is 1.81 bits per heavy atom. The standard InChI is InChI=1S/C21H25FN4O/c1-20(6-7-20)19(27)25-11-8-21(9-12-25)18-23-14-17(26(18)13-10-24-21)15-2-4-16(22)5-3-15/h2-5,14,24H,6-13H2,1H3. The second kappa shape index (κ2) is 5.89. The lowest BCUT2D eigenvalue weighted by Crippen LogP contribution is -2.57. The predicted molar refractivity (Wildman–Crippen MR) is 100 cm³/mol. The number of rotatable bonds is 2. The van der Waals surface area contributed by atoms with Crippen molar-refractivity contribution in [3.63, 3.8) is 0 Å². The zero-order valence-corrected chi connectivity index (χ0v) is 15.7. The highest BCUT2D eigenvalue weighted by atomic mass is 19.1. The van der Waals surface area contributed by atoms with Crippen LogP contribution >= 0.6 is 0 Å². The van der Waals surface area contributed by atoms with Gasteiger partial charge in [-0.15, -0.1) is 0 Å². The number of imidazole rings is 1. The summed E-state index contributed by atoms with van der Waals surface area (Å²) in [6, 6.07) is 6.61. The van der Waals surface area contributed by atoms with Crippen LogP contribution in [0.25, 0.3) is 11.3 Å². The first-order valence-electron chi connectivity index (χ1n) is 9.87. The maximum absolute atomic E-state index is 13.3. The van der Waals surface area contributed by atoms with E-state index >= 15 is 0 Å². The molecule has 3 aliphatic rings. The van der Waals surface area contributed by atoms with E-state index in [1.54, 1.807) is 0 Å². The van der Waals surface area contributed by atoms with E-state index in [9.17, 15) is 9.18 Å². The smallest absolute Gasteiger partial charge is 0.228 e. The molecule has 1 saturated heterocycles. The number of aromatic nitrogens is 2. The lowest BCUT2D eigenvalue weighted by molar-refractivity contribution is -0.138. The number of halogens is 1. The van der Waals surface area contributed by atoms with Gasteiger partial charge in [-0.05, 0) is 55.5 Å². The molecule has 2 aliphatic heterocycles. The SMILES string of the molecule is CC1(C(=O)N2CCC3(CC2)NCCn2c(-c4ccc(F)cc4)cnc23)CC1. The molecule has 5 nitrogen and oxygen atoms in total. The van der Waals surface area contributed by atoms with E-state index in [1.165, 1.54) is 12.1 Å². The van der Waals surface area contributed by atoms with E-state index in [2.05, 4.69) is 16.8 Å². The van der Waals surface area contributed by atoms with Gasteiger partial charge < -0.3 is 14.8 Å². The quantitative estimate of drug-likeness (QED) is 0.887. The zero-order valence-electron chi connectivity index (χ0n) is 15.7. The summed E-state index contributed by atoms with van der Waals surface area (Å²) < 4.78 is 15.5. The molecule has 0 radical (unpaired) electrons. The number of carbonyl (C=O) groups excluding carboxylic acids is 1. The number of amides is 1. The molecule has 0 unspecified atom stereocenters. The maximum atomic E-state index is 13.3. The Labute approximate surface area is 158 Å². The molecule has 6 heteroatoms. The number of hydrogen-bond donors (Lipinski definition) is 1. The molecule has 1 aromatic carbocycles. The van der Waals surface area contributed by atoms with Crippen molar-refractivity contribution < 1.29 is 9.18 Å². The van der Waals surface area contributed by atoms with E-state index in [0.29, 0.717) is 5.91 Å². The molecule has 1 N–H and O–H groups in total. The average Bonchev–Trinajstić information content (AvgIpc) is 3.28. The summed E-state index contributed by atoms with van der Waals surface area (Å²) in [5, 5.41) is 3.70. The number of hydrogen-bond acceptors (Lipinski definition) is 3. The first kappa shape index (κ1) is 16.9. The summed E-state index contributed by atoms with van der Waals surface area (Å²) >= 11 is 0. The topological polar surface area (TPSA) is 50.2 Å². The molecule has 2 aromatic rings. The van der Waals surface area contributed by atoms with Crippen LogP contribution in [-0.2, 0) is 16.9 Å². The third kappa shape index (κ3) is 2.69. The zero-order chi connectivity index (χ0) is 18.6. The maximum Gasteiger partial charge on any atom is 0.228 e. The first-order valence-corrected chi connectivity index (χ1v) is 9.87. The molecule has 0 bridgehead atoms. The second-order valence-electron chi connectivity index (χ2n) is 8.49. The highest BCUT2D eigenvalue weighted by Crippen LogP contribution is 2.47. The minimum atomic E-state index is -0.225. The highest BCUT2D eigenvalue weighted by molar-refractivity contribution is 5.85. The van der Waals surface area contributed by atoms with Crippen LogP contribution in [0.3, 0.4) is 0 Å². The van der Waals surface area contributed by atoms with Gasteiger partial charge in [-0.25, -0.2) is 9.37 Å². The second-order valence-corrected chi connectivity index (χ2v) is 8.49. The third-order valence-corrected chi connectivity index (χ3v) is 6.64. The molecule has 3 heterocycles. The van der Waals surface area contributed by atoms with E-state index < -0.39 is 0 Å². The van der Waals surface area contributed by atoms with Crippen molar-refractivity contribution in [2.45, 2.75) is 44.7 Å². The molecule has 2 fully saturated rings. The number of piperidine rings is 1. The molecule has 1 saturated carbocycles. The van der Waals surface area contributed by atoms with Crippen molar-refractivity contribution in [1.82, 2.24) is 19.8 Å². The number of nitrogens with zero attached hydrogens (tertiary/aromatic N) is 3. The van der Waals surface area contributed by atoms with Crippen LogP contribution in [0, 0.1) is 11.2 Å². The fourth-order valence-electron chi connectivity index (χ4n) is 4.60. The van der Waals surface area contributed by atoms with Crippen LogP contribution in [0.2, 0.25) is 0 Å². The number of carbonyl (C=O) groups is 1. The lowest BCUT2D eigenvalue weighted by Gasteiger charge is -2.45. The van der Waals surface area contributed by atoms with E-state index in [0.717, 1.165) is 68.9 Å². The van der Waals surface area contributed by atoms with Crippen LogP contribution in [0.5, 0.6) is 0 Å². The van der Waals surface area contributed by atoms with Crippen molar-refractivity contribution in [2.24, 2.45) is 5.41 Å². The molecule has 1 amide bonds. The number of benzene rings is 1. The summed E-state index contributed by atoms with van der Waals surface area (Å²) in [6.45, 7) is 5.37. The summed E-state index contributed by atoms with van der Waals surface area (Å²) in [6.07, 6.45) is 5.72. The van der Waals surface area contributed by atoms with Crippen molar-refractivity contribution in [1.29, 1.82) is 0 Å². The number of likely N-dealkylation sites (tertiary alicyclic amines) is 1. The minimum Gasteiger partial charge on any atom is -0.342 e. The largest absolute Gasteiger partial charge is 0.342 e. The van der Waals surface area contributed by atoms with Gasteiger partial charge in [-0.2, -0.15) is 0 Å². The molecular weight excluding hydrogens is 343 g/mol. The average molecular weight is 368 g/mol. The van der Waals surface area contributed by atoms with Gasteiger partial charge in [0, 0.05) is 31.6 Å². The molecule has 142 valence electrons.